The van der Waals surface area contributed by atoms with Crippen LogP contribution < -0.4 is 5.32 Å². The lowest BCUT2D eigenvalue weighted by Crippen LogP contribution is -2.16. The van der Waals surface area contributed by atoms with E-state index in [4.69, 9.17) is 16.7 Å². The van der Waals surface area contributed by atoms with Crippen LogP contribution in [0, 0.1) is 0 Å². The van der Waals surface area contributed by atoms with Crippen LogP contribution in [0.2, 0.25) is 5.02 Å². The number of halogens is 4. The Hall–Kier alpha value is -2.80. The van der Waals surface area contributed by atoms with Crippen molar-refractivity contribution in [1.29, 1.82) is 0 Å². The van der Waals surface area contributed by atoms with E-state index in [-0.39, 0.29) is 27.4 Å². The lowest BCUT2D eigenvalue weighted by molar-refractivity contribution is -0.137. The van der Waals surface area contributed by atoms with E-state index in [9.17, 15) is 22.8 Å². The van der Waals surface area contributed by atoms with E-state index >= 15 is 0 Å². The summed E-state index contributed by atoms with van der Waals surface area (Å²) >= 11 is 5.80. The van der Waals surface area contributed by atoms with Crippen LogP contribution in [0.15, 0.2) is 48.0 Å². The van der Waals surface area contributed by atoms with Crippen LogP contribution in [0.1, 0.15) is 28.4 Å². The highest BCUT2D eigenvalue weighted by atomic mass is 35.5. The summed E-state index contributed by atoms with van der Waals surface area (Å²) in [6.07, 6.45) is -3.48. The quantitative estimate of drug-likeness (QED) is 0.722. The predicted octanol–water partition coefficient (Wildman–Crippen LogP) is 5.10. The number of aromatic carboxylic acids is 1. The summed E-state index contributed by atoms with van der Waals surface area (Å²) in [5, 5.41) is 11.7. The first kappa shape index (κ1) is 19.5. The molecule has 0 aromatic heterocycles. The van der Waals surface area contributed by atoms with E-state index in [2.05, 4.69) is 5.32 Å². The molecule has 0 aliphatic heterocycles. The monoisotopic (exact) mass is 383 g/mol. The van der Waals surface area contributed by atoms with Crippen molar-refractivity contribution in [1.82, 2.24) is 0 Å². The number of alkyl halides is 3. The third kappa shape index (κ3) is 4.64. The number of hydrogen-bond donors (Lipinski definition) is 2. The summed E-state index contributed by atoms with van der Waals surface area (Å²) < 4.78 is 39.1. The maximum atomic E-state index is 13.0. The van der Waals surface area contributed by atoms with E-state index in [0.29, 0.717) is 0 Å². The molecule has 0 fully saturated rings. The number of anilines is 1. The normalized spacial score (nSPS) is 12.0. The molecule has 0 saturated heterocycles. The van der Waals surface area contributed by atoms with Crippen molar-refractivity contribution >= 4 is 35.2 Å². The van der Waals surface area contributed by atoms with Gasteiger partial charge in [-0.2, -0.15) is 13.2 Å². The van der Waals surface area contributed by atoms with E-state index in [0.717, 1.165) is 12.1 Å². The molecular weight excluding hydrogens is 371 g/mol. The maximum Gasteiger partial charge on any atom is 0.416 e. The van der Waals surface area contributed by atoms with Crippen molar-refractivity contribution in [2.75, 3.05) is 5.32 Å². The largest absolute Gasteiger partial charge is 0.478 e. The zero-order valence-corrected chi connectivity index (χ0v) is 14.2. The SMILES string of the molecule is C/C(=C\c1ccccc1C(F)(F)F)C(=O)Nc1cc(Cl)ccc1C(=O)O. The zero-order valence-electron chi connectivity index (χ0n) is 13.4. The first-order valence-electron chi connectivity index (χ1n) is 7.28. The molecule has 0 atom stereocenters. The van der Waals surface area contributed by atoms with Gasteiger partial charge in [0.15, 0.2) is 0 Å². The van der Waals surface area contributed by atoms with Crippen LogP contribution >= 0.6 is 11.6 Å². The molecule has 4 nitrogen and oxygen atoms in total. The molecule has 26 heavy (non-hydrogen) atoms. The van der Waals surface area contributed by atoms with Gasteiger partial charge < -0.3 is 10.4 Å². The number of amides is 1. The molecule has 8 heteroatoms. The van der Waals surface area contributed by atoms with Crippen LogP contribution in [0.3, 0.4) is 0 Å². The number of carbonyl (C=O) groups excluding carboxylic acids is 1. The first-order chi connectivity index (χ1) is 12.1. The molecule has 0 spiro atoms. The second kappa shape index (κ2) is 7.61. The Morgan fingerprint density at radius 2 is 1.81 bits per heavy atom. The van der Waals surface area contributed by atoms with E-state index in [1.54, 1.807) is 0 Å². The molecule has 0 unspecified atom stereocenters. The minimum absolute atomic E-state index is 0.0296. The Balaban J connectivity index is 2.34. The number of hydrogen-bond acceptors (Lipinski definition) is 2. The summed E-state index contributed by atoms with van der Waals surface area (Å²) in [6.45, 7) is 1.33. The number of rotatable bonds is 4. The molecule has 0 aliphatic rings. The summed E-state index contributed by atoms with van der Waals surface area (Å²) in [5.74, 6) is -2.02. The summed E-state index contributed by atoms with van der Waals surface area (Å²) in [4.78, 5) is 23.5. The second-order valence-electron chi connectivity index (χ2n) is 5.36. The van der Waals surface area contributed by atoms with Crippen LogP contribution in [-0.2, 0) is 11.0 Å². The highest BCUT2D eigenvalue weighted by molar-refractivity contribution is 6.31. The highest BCUT2D eigenvalue weighted by Gasteiger charge is 2.32. The third-order valence-electron chi connectivity index (χ3n) is 3.46. The summed E-state index contributed by atoms with van der Waals surface area (Å²) in [7, 11) is 0. The molecule has 2 aromatic rings. The van der Waals surface area contributed by atoms with E-state index < -0.39 is 23.6 Å². The van der Waals surface area contributed by atoms with Crippen molar-refractivity contribution in [2.24, 2.45) is 0 Å². The maximum absolute atomic E-state index is 13.0. The Morgan fingerprint density at radius 1 is 1.15 bits per heavy atom. The second-order valence-corrected chi connectivity index (χ2v) is 5.80. The fourth-order valence-corrected chi connectivity index (χ4v) is 2.38. The van der Waals surface area contributed by atoms with Gasteiger partial charge in [-0.15, -0.1) is 0 Å². The molecule has 136 valence electrons. The van der Waals surface area contributed by atoms with Crippen LogP contribution in [0.25, 0.3) is 6.08 Å². The van der Waals surface area contributed by atoms with Gasteiger partial charge in [-0.1, -0.05) is 29.8 Å². The molecule has 0 heterocycles. The minimum atomic E-state index is -4.56. The van der Waals surface area contributed by atoms with Crippen molar-refractivity contribution in [2.45, 2.75) is 13.1 Å². The molecule has 0 saturated carbocycles. The molecule has 0 aliphatic carbocycles. The fraction of sp³-hybridized carbons (Fsp3) is 0.111. The molecule has 1 amide bonds. The Bertz CT molecular complexity index is 891. The standard InChI is InChI=1S/C18H13ClF3NO3/c1-10(8-11-4-2-3-5-14(11)18(20,21)22)16(24)23-15-9-12(19)6-7-13(15)17(25)26/h2-9H,1H3,(H,23,24)(H,25,26)/b10-8+. The first-order valence-corrected chi connectivity index (χ1v) is 7.66. The van der Waals surface area contributed by atoms with Gasteiger partial charge in [0, 0.05) is 10.6 Å². The van der Waals surface area contributed by atoms with Gasteiger partial charge in [0.2, 0.25) is 0 Å². The van der Waals surface area contributed by atoms with Gasteiger partial charge in [0.1, 0.15) is 0 Å². The van der Waals surface area contributed by atoms with Crippen molar-refractivity contribution in [3.8, 4) is 0 Å². The van der Waals surface area contributed by atoms with Crippen molar-refractivity contribution in [3.63, 3.8) is 0 Å². The van der Waals surface area contributed by atoms with E-state index in [1.807, 2.05) is 0 Å². The van der Waals surface area contributed by atoms with Gasteiger partial charge >= 0.3 is 12.1 Å². The third-order valence-corrected chi connectivity index (χ3v) is 3.69. The average Bonchev–Trinajstić information content (AvgIpc) is 2.54. The van der Waals surface area contributed by atoms with Gasteiger partial charge in [-0.05, 0) is 42.8 Å². The average molecular weight is 384 g/mol. The van der Waals surface area contributed by atoms with Gasteiger partial charge in [0.05, 0.1) is 16.8 Å². The molecule has 2 N–H and O–H groups in total. The smallest absolute Gasteiger partial charge is 0.416 e. The zero-order chi connectivity index (χ0) is 19.5. The van der Waals surface area contributed by atoms with E-state index in [1.165, 1.54) is 43.3 Å². The fourth-order valence-electron chi connectivity index (χ4n) is 2.21. The molecule has 0 bridgehead atoms. The molecule has 0 radical (unpaired) electrons. The number of carbonyl (C=O) groups is 2. The number of benzene rings is 2. The minimum Gasteiger partial charge on any atom is -0.478 e. The molecular formula is C18H13ClF3NO3. The molecule has 2 aromatic carbocycles. The topological polar surface area (TPSA) is 66.4 Å². The van der Waals surface area contributed by atoms with Gasteiger partial charge in [-0.25, -0.2) is 4.79 Å². The summed E-state index contributed by atoms with van der Waals surface area (Å²) in [5.41, 5.74) is -1.31. The predicted molar refractivity (Wildman–Crippen MR) is 92.1 cm³/mol. The Kier molecular flexibility index (Phi) is 5.72. The van der Waals surface area contributed by atoms with Gasteiger partial charge in [0.25, 0.3) is 5.91 Å². The van der Waals surface area contributed by atoms with Crippen LogP contribution in [-0.4, -0.2) is 17.0 Å². The summed E-state index contributed by atoms with van der Waals surface area (Å²) in [6, 6.07) is 8.64. The Labute approximate surface area is 151 Å². The van der Waals surface area contributed by atoms with Gasteiger partial charge in [-0.3, -0.25) is 4.79 Å². The van der Waals surface area contributed by atoms with Crippen molar-refractivity contribution < 1.29 is 27.9 Å². The number of nitrogens with one attached hydrogen (secondary N) is 1. The lowest BCUT2D eigenvalue weighted by Gasteiger charge is -2.12. The Morgan fingerprint density at radius 3 is 2.42 bits per heavy atom. The lowest BCUT2D eigenvalue weighted by atomic mass is 10.0. The van der Waals surface area contributed by atoms with Crippen molar-refractivity contribution in [3.05, 3.63) is 69.8 Å². The number of carboxylic acid groups (broad SMARTS) is 1. The van der Waals surface area contributed by atoms with Crippen LogP contribution in [0.4, 0.5) is 18.9 Å². The molecule has 2 rings (SSSR count). The highest BCUT2D eigenvalue weighted by Crippen LogP contribution is 2.33. The number of carboxylic acids is 1. The van der Waals surface area contributed by atoms with Crippen LogP contribution in [0.5, 0.6) is 0 Å².